The van der Waals surface area contributed by atoms with Gasteiger partial charge in [-0.25, -0.2) is 4.79 Å². The summed E-state index contributed by atoms with van der Waals surface area (Å²) in [5.74, 6) is 0. The van der Waals surface area contributed by atoms with Gasteiger partial charge in [0.15, 0.2) is 0 Å². The Morgan fingerprint density at radius 1 is 1.09 bits per heavy atom. The number of benzene rings is 2. The quantitative estimate of drug-likeness (QED) is 0.792. The van der Waals surface area contributed by atoms with Crippen LogP contribution in [0.2, 0.25) is 0 Å². The van der Waals surface area contributed by atoms with E-state index in [1.807, 2.05) is 54.6 Å². The summed E-state index contributed by atoms with van der Waals surface area (Å²) in [6.45, 7) is 0.247. The van der Waals surface area contributed by atoms with Gasteiger partial charge >= 0.3 is 6.09 Å². The van der Waals surface area contributed by atoms with Gasteiger partial charge in [0.1, 0.15) is 6.61 Å². The van der Waals surface area contributed by atoms with Gasteiger partial charge in [-0.3, -0.25) is 5.32 Å². The maximum atomic E-state index is 11.7. The lowest BCUT2D eigenvalue weighted by Crippen LogP contribution is -2.13. The zero-order valence-electron chi connectivity index (χ0n) is 11.6. The Morgan fingerprint density at radius 3 is 2.55 bits per heavy atom. The third-order valence-electron chi connectivity index (χ3n) is 2.99. The molecule has 1 amide bonds. The molecule has 3 rings (SSSR count). The van der Waals surface area contributed by atoms with Crippen LogP contribution in [-0.2, 0) is 11.3 Å². The minimum atomic E-state index is -0.476. The second-order valence-corrected chi connectivity index (χ2v) is 5.33. The van der Waals surface area contributed by atoms with Crippen molar-refractivity contribution in [2.75, 3.05) is 5.32 Å². The van der Waals surface area contributed by atoms with Gasteiger partial charge in [-0.2, -0.15) is 0 Å². The second-order valence-electron chi connectivity index (χ2n) is 4.55. The minimum absolute atomic E-state index is 0.247. The van der Waals surface area contributed by atoms with Gasteiger partial charge in [-0.15, -0.1) is 5.10 Å². The molecule has 0 fully saturated rings. The summed E-state index contributed by atoms with van der Waals surface area (Å²) in [5, 5.41) is 6.50. The van der Waals surface area contributed by atoms with E-state index in [-0.39, 0.29) is 6.61 Å². The first-order chi connectivity index (χ1) is 10.8. The number of carbonyl (C=O) groups is 1. The third kappa shape index (κ3) is 3.67. The molecule has 5 nitrogen and oxygen atoms in total. The molecule has 0 saturated heterocycles. The average molecular weight is 311 g/mol. The molecule has 0 spiro atoms. The zero-order valence-corrected chi connectivity index (χ0v) is 12.4. The normalized spacial score (nSPS) is 10.2. The van der Waals surface area contributed by atoms with Crippen LogP contribution in [0.5, 0.6) is 0 Å². The molecule has 0 aliphatic heterocycles. The number of ether oxygens (including phenoxy) is 1. The standard InChI is InChI=1S/C16H13N3O2S/c20-16(21-11-12-4-2-1-3-5-12)18-14-8-6-13(7-9-14)15-10-17-19-22-15/h1-10H,11H2,(H,18,20). The molecule has 1 N–H and O–H groups in total. The number of rotatable bonds is 4. The predicted octanol–water partition coefficient (Wildman–Crippen LogP) is 3.95. The van der Waals surface area contributed by atoms with E-state index < -0.39 is 6.09 Å². The van der Waals surface area contributed by atoms with Crippen molar-refractivity contribution in [3.63, 3.8) is 0 Å². The maximum absolute atomic E-state index is 11.7. The number of nitrogens with zero attached hydrogens (tertiary/aromatic N) is 2. The van der Waals surface area contributed by atoms with Crippen molar-refractivity contribution < 1.29 is 9.53 Å². The average Bonchev–Trinajstić information content (AvgIpc) is 3.09. The molecule has 0 bridgehead atoms. The molecule has 6 heteroatoms. The summed E-state index contributed by atoms with van der Waals surface area (Å²) < 4.78 is 8.99. The highest BCUT2D eigenvalue weighted by atomic mass is 32.1. The molecular formula is C16H13N3O2S. The number of anilines is 1. The Balaban J connectivity index is 1.55. The molecule has 3 aromatic rings. The lowest BCUT2D eigenvalue weighted by molar-refractivity contribution is 0.155. The zero-order chi connectivity index (χ0) is 15.2. The highest BCUT2D eigenvalue weighted by Gasteiger charge is 2.05. The number of hydrogen-bond acceptors (Lipinski definition) is 5. The van der Waals surface area contributed by atoms with Crippen LogP contribution in [0.3, 0.4) is 0 Å². The Morgan fingerprint density at radius 2 is 1.86 bits per heavy atom. The van der Waals surface area contributed by atoms with Crippen LogP contribution in [0, 0.1) is 0 Å². The smallest absolute Gasteiger partial charge is 0.411 e. The molecule has 1 heterocycles. The van der Waals surface area contributed by atoms with Crippen molar-refractivity contribution in [3.05, 3.63) is 66.4 Å². The molecule has 0 aliphatic rings. The molecule has 22 heavy (non-hydrogen) atoms. The number of hydrogen-bond donors (Lipinski definition) is 1. The first-order valence-corrected chi connectivity index (χ1v) is 7.44. The fourth-order valence-corrected chi connectivity index (χ4v) is 2.41. The van der Waals surface area contributed by atoms with Crippen molar-refractivity contribution in [3.8, 4) is 10.4 Å². The van der Waals surface area contributed by atoms with Crippen molar-refractivity contribution in [1.29, 1.82) is 0 Å². The monoisotopic (exact) mass is 311 g/mol. The van der Waals surface area contributed by atoms with Gasteiger partial charge in [0, 0.05) is 5.69 Å². The molecule has 0 aliphatic carbocycles. The van der Waals surface area contributed by atoms with Crippen molar-refractivity contribution >= 4 is 23.3 Å². The Labute approximate surface area is 131 Å². The van der Waals surface area contributed by atoms with Crippen molar-refractivity contribution in [1.82, 2.24) is 9.59 Å². The molecule has 0 atom stereocenters. The van der Waals surface area contributed by atoms with Gasteiger partial charge in [0.05, 0.1) is 11.1 Å². The first-order valence-electron chi connectivity index (χ1n) is 6.67. The summed E-state index contributed by atoms with van der Waals surface area (Å²) in [7, 11) is 0. The molecule has 0 saturated carbocycles. The summed E-state index contributed by atoms with van der Waals surface area (Å²) in [6.07, 6.45) is 1.23. The van der Waals surface area contributed by atoms with Gasteiger partial charge in [0.25, 0.3) is 0 Å². The fraction of sp³-hybridized carbons (Fsp3) is 0.0625. The molecular weight excluding hydrogens is 298 g/mol. The molecule has 1 aromatic heterocycles. The van der Waals surface area contributed by atoms with Gasteiger partial charge in [-0.05, 0) is 34.8 Å². The van der Waals surface area contributed by atoms with Crippen molar-refractivity contribution in [2.45, 2.75) is 6.61 Å². The molecule has 110 valence electrons. The van der Waals surface area contributed by atoms with Crippen LogP contribution in [0.1, 0.15) is 5.56 Å². The summed E-state index contributed by atoms with van der Waals surface area (Å²) >= 11 is 1.33. The fourth-order valence-electron chi connectivity index (χ4n) is 1.89. The summed E-state index contributed by atoms with van der Waals surface area (Å²) in [6, 6.07) is 17.0. The number of carbonyl (C=O) groups excluding carboxylic acids is 1. The van der Waals surface area contributed by atoms with Gasteiger partial charge in [0.2, 0.25) is 0 Å². The van der Waals surface area contributed by atoms with E-state index >= 15 is 0 Å². The van der Waals surface area contributed by atoms with E-state index in [0.717, 1.165) is 16.0 Å². The largest absolute Gasteiger partial charge is 0.444 e. The van der Waals surface area contributed by atoms with Crippen LogP contribution in [-0.4, -0.2) is 15.7 Å². The lowest BCUT2D eigenvalue weighted by atomic mass is 10.2. The SMILES string of the molecule is O=C(Nc1ccc(-c2cnns2)cc1)OCc1ccccc1. The maximum Gasteiger partial charge on any atom is 0.411 e. The topological polar surface area (TPSA) is 64.1 Å². The summed E-state index contributed by atoms with van der Waals surface area (Å²) in [4.78, 5) is 12.7. The van der Waals surface area contributed by atoms with E-state index in [4.69, 9.17) is 4.74 Å². The Kier molecular flexibility index (Phi) is 4.41. The first kappa shape index (κ1) is 14.2. The molecule has 2 aromatic carbocycles. The van der Waals surface area contributed by atoms with E-state index in [0.29, 0.717) is 5.69 Å². The Hall–Kier alpha value is -2.73. The molecule has 0 radical (unpaired) electrons. The third-order valence-corrected chi connectivity index (χ3v) is 3.70. The predicted molar refractivity (Wildman–Crippen MR) is 85.6 cm³/mol. The number of aromatic nitrogens is 2. The van der Waals surface area contributed by atoms with Gasteiger partial charge in [-0.1, -0.05) is 47.0 Å². The molecule has 0 unspecified atom stereocenters. The van der Waals surface area contributed by atoms with Crippen LogP contribution in [0.25, 0.3) is 10.4 Å². The van der Waals surface area contributed by atoms with E-state index in [9.17, 15) is 4.79 Å². The second kappa shape index (κ2) is 6.82. The summed E-state index contributed by atoms with van der Waals surface area (Å²) in [5.41, 5.74) is 2.64. The Bertz CT molecular complexity index is 728. The highest BCUT2D eigenvalue weighted by Crippen LogP contribution is 2.23. The minimum Gasteiger partial charge on any atom is -0.444 e. The van der Waals surface area contributed by atoms with Crippen LogP contribution in [0.4, 0.5) is 10.5 Å². The van der Waals surface area contributed by atoms with Crippen LogP contribution < -0.4 is 5.32 Å². The lowest BCUT2D eigenvalue weighted by Gasteiger charge is -2.07. The number of amides is 1. The van der Waals surface area contributed by atoms with Gasteiger partial charge < -0.3 is 4.74 Å². The highest BCUT2D eigenvalue weighted by molar-refractivity contribution is 7.09. The van der Waals surface area contributed by atoms with Crippen LogP contribution in [0.15, 0.2) is 60.8 Å². The van der Waals surface area contributed by atoms with E-state index in [2.05, 4.69) is 14.9 Å². The number of nitrogens with one attached hydrogen (secondary N) is 1. The van der Waals surface area contributed by atoms with Crippen molar-refractivity contribution in [2.24, 2.45) is 0 Å². The van der Waals surface area contributed by atoms with E-state index in [1.54, 1.807) is 6.20 Å². The van der Waals surface area contributed by atoms with E-state index in [1.165, 1.54) is 11.5 Å². The van der Waals surface area contributed by atoms with Crippen LogP contribution >= 0.6 is 11.5 Å².